The summed E-state index contributed by atoms with van der Waals surface area (Å²) in [7, 11) is 1.61. The number of carbonyl (C=O) groups excluding carboxylic acids is 1. The molecule has 1 aromatic heterocycles. The van der Waals surface area contributed by atoms with Crippen molar-refractivity contribution < 1.29 is 14.6 Å². The second-order valence-electron chi connectivity index (χ2n) is 5.50. The largest absolute Gasteiger partial charge is 0.497 e. The molecule has 2 aromatic rings. The first kappa shape index (κ1) is 16.5. The van der Waals surface area contributed by atoms with Crippen LogP contribution in [0.2, 0.25) is 0 Å². The van der Waals surface area contributed by atoms with Gasteiger partial charge in [-0.2, -0.15) is 11.3 Å². The Morgan fingerprint density at radius 1 is 1.36 bits per heavy atom. The van der Waals surface area contributed by atoms with Gasteiger partial charge in [0.25, 0.3) is 0 Å². The molecule has 0 fully saturated rings. The molecule has 1 heterocycles. The van der Waals surface area contributed by atoms with Gasteiger partial charge >= 0.3 is 0 Å². The number of amides is 1. The number of carbonyl (C=O) groups is 1. The smallest absolute Gasteiger partial charge is 0.227 e. The zero-order valence-electron chi connectivity index (χ0n) is 13.0. The van der Waals surface area contributed by atoms with Gasteiger partial charge < -0.3 is 15.2 Å². The minimum Gasteiger partial charge on any atom is -0.497 e. The van der Waals surface area contributed by atoms with Crippen LogP contribution in [0.4, 0.5) is 0 Å². The molecular formula is C17H21NO3S. The SMILES string of the molecule is COc1ccc(C(C)C(=O)NCC(C)(O)c2ccsc2)cc1. The van der Waals surface area contributed by atoms with Crippen LogP contribution in [0.5, 0.6) is 5.75 Å². The zero-order valence-corrected chi connectivity index (χ0v) is 13.8. The van der Waals surface area contributed by atoms with Gasteiger partial charge in [0.05, 0.1) is 19.6 Å². The van der Waals surface area contributed by atoms with E-state index < -0.39 is 5.60 Å². The maximum Gasteiger partial charge on any atom is 0.227 e. The van der Waals surface area contributed by atoms with E-state index in [0.29, 0.717) is 0 Å². The minimum atomic E-state index is -1.06. The highest BCUT2D eigenvalue weighted by Crippen LogP contribution is 2.23. The van der Waals surface area contributed by atoms with E-state index in [1.54, 1.807) is 14.0 Å². The van der Waals surface area contributed by atoms with Crippen molar-refractivity contribution >= 4 is 17.2 Å². The molecular weight excluding hydrogens is 298 g/mol. The fourth-order valence-electron chi connectivity index (χ4n) is 2.13. The quantitative estimate of drug-likeness (QED) is 0.861. The van der Waals surface area contributed by atoms with Gasteiger partial charge in [-0.3, -0.25) is 4.79 Å². The van der Waals surface area contributed by atoms with Crippen molar-refractivity contribution in [3.8, 4) is 5.75 Å². The molecule has 0 aliphatic carbocycles. The number of benzene rings is 1. The highest BCUT2D eigenvalue weighted by atomic mass is 32.1. The monoisotopic (exact) mass is 319 g/mol. The van der Waals surface area contributed by atoms with Crippen LogP contribution >= 0.6 is 11.3 Å². The fraction of sp³-hybridized carbons (Fsp3) is 0.353. The molecule has 2 N–H and O–H groups in total. The van der Waals surface area contributed by atoms with Gasteiger partial charge in [0, 0.05) is 0 Å². The highest BCUT2D eigenvalue weighted by Gasteiger charge is 2.25. The molecule has 1 amide bonds. The molecule has 1 aromatic carbocycles. The van der Waals surface area contributed by atoms with Crippen LogP contribution in [-0.4, -0.2) is 24.7 Å². The van der Waals surface area contributed by atoms with Crippen molar-refractivity contribution in [1.82, 2.24) is 5.32 Å². The molecule has 0 radical (unpaired) electrons. The normalized spacial score (nSPS) is 14.9. The van der Waals surface area contributed by atoms with Gasteiger partial charge in [-0.15, -0.1) is 0 Å². The molecule has 5 heteroatoms. The first-order valence-electron chi connectivity index (χ1n) is 7.11. The molecule has 2 atom stereocenters. The third kappa shape index (κ3) is 3.87. The van der Waals surface area contributed by atoms with E-state index in [1.165, 1.54) is 11.3 Å². The highest BCUT2D eigenvalue weighted by molar-refractivity contribution is 7.08. The molecule has 0 spiro atoms. The first-order valence-corrected chi connectivity index (χ1v) is 8.05. The summed E-state index contributed by atoms with van der Waals surface area (Å²) >= 11 is 1.52. The lowest BCUT2D eigenvalue weighted by molar-refractivity contribution is -0.123. The predicted molar refractivity (Wildman–Crippen MR) is 88.3 cm³/mol. The van der Waals surface area contributed by atoms with Crippen molar-refractivity contribution in [2.75, 3.05) is 13.7 Å². The second-order valence-corrected chi connectivity index (χ2v) is 6.28. The summed E-state index contributed by atoms with van der Waals surface area (Å²) in [5.41, 5.74) is 0.665. The summed E-state index contributed by atoms with van der Waals surface area (Å²) in [6.07, 6.45) is 0. The number of hydrogen-bond acceptors (Lipinski definition) is 4. The Morgan fingerprint density at radius 3 is 2.59 bits per heavy atom. The van der Waals surface area contributed by atoms with Gasteiger partial charge in [0.2, 0.25) is 5.91 Å². The number of ether oxygens (including phenoxy) is 1. The van der Waals surface area contributed by atoms with E-state index in [2.05, 4.69) is 5.32 Å². The number of hydrogen-bond donors (Lipinski definition) is 2. The van der Waals surface area contributed by atoms with Crippen LogP contribution in [-0.2, 0) is 10.4 Å². The summed E-state index contributed by atoms with van der Waals surface area (Å²) in [4.78, 5) is 12.3. The second kappa shape index (κ2) is 6.94. The van der Waals surface area contributed by atoms with E-state index in [-0.39, 0.29) is 18.4 Å². The molecule has 22 heavy (non-hydrogen) atoms. The van der Waals surface area contributed by atoms with Crippen molar-refractivity contribution in [2.24, 2.45) is 0 Å². The van der Waals surface area contributed by atoms with E-state index in [4.69, 9.17) is 4.74 Å². The molecule has 0 bridgehead atoms. The van der Waals surface area contributed by atoms with Crippen LogP contribution in [0.25, 0.3) is 0 Å². The van der Waals surface area contributed by atoms with Crippen LogP contribution in [0.3, 0.4) is 0 Å². The number of thiophene rings is 1. The number of nitrogens with one attached hydrogen (secondary N) is 1. The molecule has 118 valence electrons. The van der Waals surface area contributed by atoms with Crippen LogP contribution in [0.15, 0.2) is 41.1 Å². The number of methoxy groups -OCH3 is 1. The maximum absolute atomic E-state index is 12.3. The van der Waals surface area contributed by atoms with Crippen molar-refractivity contribution in [1.29, 1.82) is 0 Å². The van der Waals surface area contributed by atoms with Gasteiger partial charge in [0.1, 0.15) is 11.4 Å². The summed E-state index contributed by atoms with van der Waals surface area (Å²) in [6.45, 7) is 3.73. The Balaban J connectivity index is 1.96. The zero-order chi connectivity index (χ0) is 16.2. The topological polar surface area (TPSA) is 58.6 Å². The third-order valence-electron chi connectivity index (χ3n) is 3.76. The van der Waals surface area contributed by atoms with E-state index in [9.17, 15) is 9.90 Å². The standard InChI is InChI=1S/C17H21NO3S/c1-12(13-4-6-15(21-3)7-5-13)16(19)18-11-17(2,20)14-8-9-22-10-14/h4-10,12,20H,11H2,1-3H3,(H,18,19). The number of rotatable bonds is 6. The van der Waals surface area contributed by atoms with Crippen molar-refractivity contribution in [3.63, 3.8) is 0 Å². The van der Waals surface area contributed by atoms with E-state index in [0.717, 1.165) is 16.9 Å². The number of aliphatic hydroxyl groups is 1. The fourth-order valence-corrected chi connectivity index (χ4v) is 2.91. The Hall–Kier alpha value is -1.85. The van der Waals surface area contributed by atoms with Crippen molar-refractivity contribution in [3.05, 3.63) is 52.2 Å². The summed E-state index contributed by atoms with van der Waals surface area (Å²) in [5.74, 6) is 0.363. The molecule has 2 unspecified atom stereocenters. The Bertz CT molecular complexity index is 605. The Labute approximate surface area is 134 Å². The Morgan fingerprint density at radius 2 is 2.05 bits per heavy atom. The molecule has 2 rings (SSSR count). The average Bonchev–Trinajstić information content (AvgIpc) is 3.07. The first-order chi connectivity index (χ1) is 10.4. The van der Waals surface area contributed by atoms with E-state index >= 15 is 0 Å². The van der Waals surface area contributed by atoms with Crippen molar-refractivity contribution in [2.45, 2.75) is 25.4 Å². The van der Waals surface area contributed by atoms with Gasteiger partial charge in [-0.1, -0.05) is 12.1 Å². The molecule has 0 aliphatic heterocycles. The molecule has 0 saturated carbocycles. The predicted octanol–water partition coefficient (Wildman–Crippen LogP) is 2.88. The third-order valence-corrected chi connectivity index (χ3v) is 4.44. The molecule has 4 nitrogen and oxygen atoms in total. The van der Waals surface area contributed by atoms with E-state index in [1.807, 2.05) is 48.0 Å². The average molecular weight is 319 g/mol. The van der Waals surface area contributed by atoms with Gasteiger partial charge in [-0.25, -0.2) is 0 Å². The summed E-state index contributed by atoms with van der Waals surface area (Å²) in [5, 5.41) is 17.0. The van der Waals surface area contributed by atoms with Gasteiger partial charge in [0.15, 0.2) is 0 Å². The molecule has 0 aliphatic rings. The Kier molecular flexibility index (Phi) is 5.21. The van der Waals surface area contributed by atoms with Crippen LogP contribution in [0.1, 0.15) is 30.9 Å². The lowest BCUT2D eigenvalue weighted by Gasteiger charge is -2.24. The lowest BCUT2D eigenvalue weighted by atomic mass is 9.97. The van der Waals surface area contributed by atoms with Crippen LogP contribution in [0, 0.1) is 0 Å². The van der Waals surface area contributed by atoms with Crippen LogP contribution < -0.4 is 10.1 Å². The summed E-state index contributed by atoms with van der Waals surface area (Å²) < 4.78 is 5.11. The maximum atomic E-state index is 12.3. The lowest BCUT2D eigenvalue weighted by Crippen LogP contribution is -2.40. The van der Waals surface area contributed by atoms with Gasteiger partial charge in [-0.05, 0) is 53.9 Å². The summed E-state index contributed by atoms with van der Waals surface area (Å²) in [6, 6.07) is 9.28. The molecule has 0 saturated heterocycles. The minimum absolute atomic E-state index is 0.110.